The summed E-state index contributed by atoms with van der Waals surface area (Å²) in [6.07, 6.45) is 0. The van der Waals surface area contributed by atoms with Crippen LogP contribution in [0.25, 0.3) is 0 Å². The number of hydrogen-bond donors (Lipinski definition) is 2. The Morgan fingerprint density at radius 1 is 0.893 bits per heavy atom. The summed E-state index contributed by atoms with van der Waals surface area (Å²) in [7, 11) is 0. The average molecular weight is 375 g/mol. The molecule has 0 aromatic heterocycles. The lowest BCUT2D eigenvalue weighted by Gasteiger charge is -2.26. The van der Waals surface area contributed by atoms with Gasteiger partial charge in [-0.25, -0.2) is 4.79 Å². The van der Waals surface area contributed by atoms with Crippen LogP contribution in [0.2, 0.25) is 0 Å². The zero-order chi connectivity index (χ0) is 20.3. The number of anilines is 2. The predicted octanol–water partition coefficient (Wildman–Crippen LogP) is 4.79. The van der Waals surface area contributed by atoms with Gasteiger partial charge in [0.05, 0.1) is 11.3 Å². The fraction of sp³-hybridized carbons (Fsp3) is 0.130. The fourth-order valence-corrected chi connectivity index (χ4v) is 3.17. The molecule has 3 aromatic rings. The number of aromatic hydroxyl groups is 1. The molecule has 3 rings (SSSR count). The first kappa shape index (κ1) is 19.2. The van der Waals surface area contributed by atoms with Gasteiger partial charge in [-0.3, -0.25) is 4.79 Å². The minimum Gasteiger partial charge on any atom is -0.508 e. The van der Waals surface area contributed by atoms with Gasteiger partial charge in [-0.05, 0) is 43.7 Å². The van der Waals surface area contributed by atoms with Gasteiger partial charge < -0.3 is 15.1 Å². The second-order valence-electron chi connectivity index (χ2n) is 6.41. The van der Waals surface area contributed by atoms with E-state index in [0.717, 1.165) is 11.3 Å². The third kappa shape index (κ3) is 3.60. The first-order chi connectivity index (χ1) is 13.4. The van der Waals surface area contributed by atoms with Crippen LogP contribution in [-0.4, -0.2) is 28.5 Å². The summed E-state index contributed by atoms with van der Waals surface area (Å²) in [6, 6.07) is 18.6. The number of para-hydroxylation sites is 1. The molecule has 3 aromatic carbocycles. The van der Waals surface area contributed by atoms with Gasteiger partial charge in [-0.2, -0.15) is 0 Å². The van der Waals surface area contributed by atoms with Crippen molar-refractivity contribution in [1.82, 2.24) is 0 Å². The quantitative estimate of drug-likeness (QED) is 0.606. The predicted molar refractivity (Wildman–Crippen MR) is 109 cm³/mol. The Kier molecular flexibility index (Phi) is 5.45. The van der Waals surface area contributed by atoms with Crippen molar-refractivity contribution in [2.45, 2.75) is 13.8 Å². The number of carboxylic acid groups (broad SMARTS) is 1. The van der Waals surface area contributed by atoms with Gasteiger partial charge in [-0.1, -0.05) is 36.4 Å². The van der Waals surface area contributed by atoms with Gasteiger partial charge in [-0.15, -0.1) is 0 Å². The molecular formula is C23H21NO4. The van der Waals surface area contributed by atoms with E-state index >= 15 is 0 Å². The Labute approximate surface area is 163 Å². The minimum absolute atomic E-state index is 0.0293. The van der Waals surface area contributed by atoms with Crippen molar-refractivity contribution in [3.05, 3.63) is 89.0 Å². The minimum atomic E-state index is -1.14. The molecule has 0 amide bonds. The van der Waals surface area contributed by atoms with Gasteiger partial charge in [0.15, 0.2) is 5.78 Å². The Bertz CT molecular complexity index is 1040. The summed E-state index contributed by atoms with van der Waals surface area (Å²) >= 11 is 0. The smallest absolute Gasteiger partial charge is 0.336 e. The average Bonchev–Trinajstić information content (AvgIpc) is 2.71. The van der Waals surface area contributed by atoms with Crippen molar-refractivity contribution in [2.75, 3.05) is 11.4 Å². The van der Waals surface area contributed by atoms with Crippen LogP contribution < -0.4 is 4.90 Å². The summed E-state index contributed by atoms with van der Waals surface area (Å²) in [5.41, 5.74) is 2.68. The molecule has 0 saturated carbocycles. The van der Waals surface area contributed by atoms with Crippen molar-refractivity contribution >= 4 is 23.1 Å². The molecule has 0 bridgehead atoms. The molecular weight excluding hydrogens is 354 g/mol. The number of hydrogen-bond acceptors (Lipinski definition) is 4. The van der Waals surface area contributed by atoms with E-state index in [1.807, 2.05) is 43.0 Å². The lowest BCUT2D eigenvalue weighted by Crippen LogP contribution is -2.20. The van der Waals surface area contributed by atoms with E-state index in [0.29, 0.717) is 17.8 Å². The van der Waals surface area contributed by atoms with Gasteiger partial charge in [0.2, 0.25) is 0 Å². The van der Waals surface area contributed by atoms with E-state index in [1.165, 1.54) is 12.1 Å². The molecule has 0 heterocycles. The maximum Gasteiger partial charge on any atom is 0.336 e. The van der Waals surface area contributed by atoms with Crippen LogP contribution >= 0.6 is 0 Å². The highest BCUT2D eigenvalue weighted by atomic mass is 16.4. The molecule has 0 aliphatic rings. The van der Waals surface area contributed by atoms with Crippen LogP contribution in [0, 0.1) is 6.92 Å². The van der Waals surface area contributed by atoms with E-state index in [9.17, 15) is 19.8 Å². The molecule has 5 heteroatoms. The molecule has 28 heavy (non-hydrogen) atoms. The molecule has 142 valence electrons. The zero-order valence-electron chi connectivity index (χ0n) is 15.7. The molecule has 0 unspecified atom stereocenters. The van der Waals surface area contributed by atoms with Crippen molar-refractivity contribution < 1.29 is 19.8 Å². The van der Waals surface area contributed by atoms with Crippen molar-refractivity contribution in [2.24, 2.45) is 0 Å². The summed E-state index contributed by atoms with van der Waals surface area (Å²) in [4.78, 5) is 26.7. The van der Waals surface area contributed by atoms with Gasteiger partial charge >= 0.3 is 5.97 Å². The number of carbonyl (C=O) groups is 2. The first-order valence-corrected chi connectivity index (χ1v) is 8.97. The summed E-state index contributed by atoms with van der Waals surface area (Å²) in [5, 5.41) is 19.5. The van der Waals surface area contributed by atoms with Crippen LogP contribution in [0.3, 0.4) is 0 Å². The number of carboxylic acids is 1. The molecule has 0 aliphatic carbocycles. The van der Waals surface area contributed by atoms with Gasteiger partial charge in [0, 0.05) is 29.4 Å². The second kappa shape index (κ2) is 7.96. The Morgan fingerprint density at radius 3 is 2.11 bits per heavy atom. The number of nitrogens with zero attached hydrogens (tertiary/aromatic N) is 1. The third-order valence-electron chi connectivity index (χ3n) is 4.66. The zero-order valence-corrected chi connectivity index (χ0v) is 15.7. The lowest BCUT2D eigenvalue weighted by molar-refractivity contribution is 0.0693. The van der Waals surface area contributed by atoms with E-state index < -0.39 is 5.97 Å². The number of ketones is 1. The molecule has 0 fully saturated rings. The van der Waals surface area contributed by atoms with E-state index in [2.05, 4.69) is 0 Å². The second-order valence-corrected chi connectivity index (χ2v) is 6.41. The Hall–Kier alpha value is -3.60. The topological polar surface area (TPSA) is 77.8 Å². The van der Waals surface area contributed by atoms with Crippen molar-refractivity contribution in [3.8, 4) is 5.75 Å². The highest BCUT2D eigenvalue weighted by Gasteiger charge is 2.22. The third-order valence-corrected chi connectivity index (χ3v) is 4.66. The van der Waals surface area contributed by atoms with Crippen LogP contribution in [0.5, 0.6) is 5.75 Å². The number of aromatic carboxylic acids is 1. The number of phenols is 1. The fourth-order valence-electron chi connectivity index (χ4n) is 3.17. The molecule has 0 aliphatic heterocycles. The summed E-state index contributed by atoms with van der Waals surface area (Å²) in [6.45, 7) is 4.33. The van der Waals surface area contributed by atoms with Crippen LogP contribution in [0.15, 0.2) is 66.7 Å². The monoisotopic (exact) mass is 375 g/mol. The number of carbonyl (C=O) groups excluding carboxylic acids is 1. The maximum atomic E-state index is 13.2. The van der Waals surface area contributed by atoms with Gasteiger partial charge in [0.1, 0.15) is 5.75 Å². The summed E-state index contributed by atoms with van der Waals surface area (Å²) in [5.74, 6) is -1.32. The standard InChI is InChI=1S/C23H21NO4/c1-3-24(16-13-12-15(2)21(25)14-16)20-11-7-6-10-19(20)22(26)17-8-4-5-9-18(17)23(27)28/h4-14,25H,3H2,1-2H3,(H,27,28). The van der Waals surface area contributed by atoms with Crippen LogP contribution in [0.4, 0.5) is 11.4 Å². The normalized spacial score (nSPS) is 10.5. The first-order valence-electron chi connectivity index (χ1n) is 8.97. The number of benzene rings is 3. The largest absolute Gasteiger partial charge is 0.508 e. The SMILES string of the molecule is CCN(c1ccc(C)c(O)c1)c1ccccc1C(=O)c1ccccc1C(=O)O. The molecule has 0 radical (unpaired) electrons. The number of rotatable bonds is 6. The molecule has 0 spiro atoms. The summed E-state index contributed by atoms with van der Waals surface area (Å²) < 4.78 is 0. The van der Waals surface area contributed by atoms with Crippen molar-refractivity contribution in [1.29, 1.82) is 0 Å². The number of aryl methyl sites for hydroxylation is 1. The van der Waals surface area contributed by atoms with E-state index in [-0.39, 0.29) is 22.7 Å². The van der Waals surface area contributed by atoms with Crippen molar-refractivity contribution in [3.63, 3.8) is 0 Å². The van der Waals surface area contributed by atoms with Gasteiger partial charge in [0.25, 0.3) is 0 Å². The molecule has 0 atom stereocenters. The van der Waals surface area contributed by atoms with Crippen LogP contribution in [-0.2, 0) is 0 Å². The highest BCUT2D eigenvalue weighted by molar-refractivity contribution is 6.17. The Balaban J connectivity index is 2.11. The molecule has 2 N–H and O–H groups in total. The van der Waals surface area contributed by atoms with E-state index in [1.54, 1.807) is 30.3 Å². The Morgan fingerprint density at radius 2 is 1.50 bits per heavy atom. The maximum absolute atomic E-state index is 13.2. The highest BCUT2D eigenvalue weighted by Crippen LogP contribution is 2.33. The molecule has 5 nitrogen and oxygen atoms in total. The van der Waals surface area contributed by atoms with E-state index in [4.69, 9.17) is 0 Å². The molecule has 0 saturated heterocycles. The lowest BCUT2D eigenvalue weighted by atomic mass is 9.96. The van der Waals surface area contributed by atoms with Crippen LogP contribution in [0.1, 0.15) is 38.8 Å². The number of phenolic OH excluding ortho intramolecular Hbond substituents is 1.